The fraction of sp³-hybridized carbons (Fsp3) is 0.812. The Morgan fingerprint density at radius 1 is 0.885 bits per heavy atom. The molecule has 0 heterocycles. The van der Waals surface area contributed by atoms with Crippen molar-refractivity contribution in [2.24, 2.45) is 0 Å². The van der Waals surface area contributed by atoms with Crippen LogP contribution in [0.4, 0.5) is 0 Å². The second kappa shape index (κ2) is 17.4. The van der Waals surface area contributed by atoms with Crippen LogP contribution < -0.4 is 0 Å². The zero-order chi connectivity index (χ0) is 19.8. The summed E-state index contributed by atoms with van der Waals surface area (Å²) in [5, 5.41) is 0. The van der Waals surface area contributed by atoms with E-state index in [1.165, 1.54) is 20.8 Å². The Bertz CT molecular complexity index is 403. The standard InChI is InChI=1S/C8H16O2S.2C4H8O2S.Sn/c1-3-4-5-8(6-11)10-7(2)9;2*1-4(5)6-2-3-7;/h8,11H,3-6H2,1-2H3;2*7H,2-3H2,1H3;/q;;;+3/p-3. The van der Waals surface area contributed by atoms with Crippen LogP contribution >= 0.6 is 26.8 Å². The summed E-state index contributed by atoms with van der Waals surface area (Å²) >= 11 is -1.94. The molecule has 0 N–H and O–H groups in total. The Balaban J connectivity index is 4.40. The summed E-state index contributed by atoms with van der Waals surface area (Å²) < 4.78 is 15.4. The van der Waals surface area contributed by atoms with Gasteiger partial charge < -0.3 is 0 Å². The normalized spacial score (nSPS) is 11.9. The number of esters is 3. The first kappa shape index (κ1) is 26.3. The number of hydrogen-bond acceptors (Lipinski definition) is 9. The molecule has 0 aromatic carbocycles. The number of unbranched alkanes of at least 4 members (excludes halogenated alkanes) is 1. The Kier molecular flexibility index (Phi) is 17.5. The zero-order valence-electron chi connectivity index (χ0n) is 15.9. The minimum atomic E-state index is -1.94. The second-order valence-electron chi connectivity index (χ2n) is 5.31. The van der Waals surface area contributed by atoms with Gasteiger partial charge in [-0.05, 0) is 0 Å². The van der Waals surface area contributed by atoms with Crippen molar-refractivity contribution in [1.29, 1.82) is 0 Å². The van der Waals surface area contributed by atoms with E-state index in [4.69, 9.17) is 14.2 Å². The number of carbonyl (C=O) groups excluding carboxylic acids is 3. The van der Waals surface area contributed by atoms with Gasteiger partial charge in [-0.1, -0.05) is 0 Å². The predicted molar refractivity (Wildman–Crippen MR) is 111 cm³/mol. The van der Waals surface area contributed by atoms with Crippen molar-refractivity contribution in [2.45, 2.75) is 53.1 Å². The van der Waals surface area contributed by atoms with Crippen molar-refractivity contribution >= 4 is 60.4 Å². The zero-order valence-corrected chi connectivity index (χ0v) is 21.2. The Labute approximate surface area is 171 Å². The van der Waals surface area contributed by atoms with Gasteiger partial charge >= 0.3 is 172 Å². The van der Waals surface area contributed by atoms with E-state index in [0.717, 1.165) is 36.5 Å². The summed E-state index contributed by atoms with van der Waals surface area (Å²) in [5.41, 5.74) is 0. The van der Waals surface area contributed by atoms with Gasteiger partial charge in [0.2, 0.25) is 0 Å². The SMILES string of the molecule is CCCCC(C[S][Sn]([S]CCOC(C)=O)[S]CCOC(C)=O)OC(C)=O. The molecule has 0 aromatic heterocycles. The van der Waals surface area contributed by atoms with Crippen LogP contribution in [0.15, 0.2) is 0 Å². The van der Waals surface area contributed by atoms with E-state index in [-0.39, 0.29) is 24.0 Å². The molecule has 0 fully saturated rings. The van der Waals surface area contributed by atoms with Crippen LogP contribution in [0.5, 0.6) is 0 Å². The quantitative estimate of drug-likeness (QED) is 0.137. The summed E-state index contributed by atoms with van der Waals surface area (Å²) in [6.45, 7) is 7.21. The molecule has 1 atom stereocenters. The molecule has 0 saturated heterocycles. The minimum absolute atomic E-state index is 0.0452. The van der Waals surface area contributed by atoms with E-state index in [9.17, 15) is 14.4 Å². The average molecular weight is 532 g/mol. The molecule has 0 spiro atoms. The van der Waals surface area contributed by atoms with Crippen LogP contribution in [0.25, 0.3) is 0 Å². The summed E-state index contributed by atoms with van der Waals surface area (Å²) in [6, 6.07) is 0. The molecule has 0 saturated carbocycles. The number of rotatable bonds is 15. The molecule has 0 rings (SSSR count). The molecule has 151 valence electrons. The van der Waals surface area contributed by atoms with Crippen LogP contribution in [-0.4, -0.2) is 70.1 Å². The van der Waals surface area contributed by atoms with Gasteiger partial charge in [-0.15, -0.1) is 0 Å². The van der Waals surface area contributed by atoms with E-state index >= 15 is 0 Å². The molecular formula is C16H29O6S3Sn. The van der Waals surface area contributed by atoms with Gasteiger partial charge in [0.1, 0.15) is 0 Å². The molecule has 0 bridgehead atoms. The molecule has 1 unspecified atom stereocenters. The maximum absolute atomic E-state index is 11.3. The van der Waals surface area contributed by atoms with Gasteiger partial charge in [0.15, 0.2) is 0 Å². The van der Waals surface area contributed by atoms with E-state index in [1.54, 1.807) is 0 Å². The van der Waals surface area contributed by atoms with Crippen LogP contribution in [-0.2, 0) is 28.6 Å². The summed E-state index contributed by atoms with van der Waals surface area (Å²) in [5.74, 6) is 1.59. The third kappa shape index (κ3) is 17.7. The van der Waals surface area contributed by atoms with E-state index in [1.807, 2.05) is 26.8 Å². The first-order chi connectivity index (χ1) is 12.3. The second-order valence-corrected chi connectivity index (χ2v) is 29.6. The Hall–Kier alpha value is 0.259. The van der Waals surface area contributed by atoms with E-state index in [0.29, 0.717) is 13.2 Å². The van der Waals surface area contributed by atoms with Crippen molar-refractivity contribution < 1.29 is 28.6 Å². The van der Waals surface area contributed by atoms with Crippen molar-refractivity contribution in [3.63, 3.8) is 0 Å². The van der Waals surface area contributed by atoms with Gasteiger partial charge in [-0.25, -0.2) is 0 Å². The first-order valence-corrected chi connectivity index (χ1v) is 22.0. The molecule has 0 aliphatic rings. The van der Waals surface area contributed by atoms with Crippen molar-refractivity contribution in [1.82, 2.24) is 0 Å². The first-order valence-electron chi connectivity index (χ1n) is 8.54. The molecule has 26 heavy (non-hydrogen) atoms. The number of ether oxygens (including phenoxy) is 3. The van der Waals surface area contributed by atoms with Gasteiger partial charge in [0, 0.05) is 0 Å². The van der Waals surface area contributed by atoms with Gasteiger partial charge in [0.25, 0.3) is 0 Å². The number of carbonyl (C=O) groups is 3. The molecule has 10 heteroatoms. The third-order valence-corrected chi connectivity index (χ3v) is 30.0. The van der Waals surface area contributed by atoms with Gasteiger partial charge in [0.05, 0.1) is 0 Å². The van der Waals surface area contributed by atoms with Crippen molar-refractivity contribution in [3.05, 3.63) is 0 Å². The number of hydrogen-bond donors (Lipinski definition) is 0. The molecule has 0 aliphatic heterocycles. The Morgan fingerprint density at radius 3 is 1.85 bits per heavy atom. The molecule has 1 radical (unpaired) electrons. The predicted octanol–water partition coefficient (Wildman–Crippen LogP) is 3.42. The van der Waals surface area contributed by atoms with Crippen LogP contribution in [0, 0.1) is 0 Å². The van der Waals surface area contributed by atoms with Crippen LogP contribution in [0.2, 0.25) is 0 Å². The third-order valence-electron chi connectivity index (χ3n) is 2.82. The fourth-order valence-electron chi connectivity index (χ4n) is 1.75. The fourth-order valence-corrected chi connectivity index (χ4v) is 26.9. The maximum atomic E-state index is 11.3. The molecule has 0 aromatic rings. The Morgan fingerprint density at radius 2 is 1.42 bits per heavy atom. The molecule has 0 amide bonds. The molecule has 6 nitrogen and oxygen atoms in total. The van der Waals surface area contributed by atoms with Gasteiger partial charge in [-0.3, -0.25) is 0 Å². The topological polar surface area (TPSA) is 78.9 Å². The summed E-state index contributed by atoms with van der Waals surface area (Å²) in [4.78, 5) is 33.0. The van der Waals surface area contributed by atoms with Crippen LogP contribution in [0.3, 0.4) is 0 Å². The van der Waals surface area contributed by atoms with Crippen molar-refractivity contribution in [3.8, 4) is 0 Å². The average Bonchev–Trinajstić information content (AvgIpc) is 2.55. The van der Waals surface area contributed by atoms with E-state index in [2.05, 4.69) is 6.92 Å². The summed E-state index contributed by atoms with van der Waals surface area (Å²) in [7, 11) is 5.65. The van der Waals surface area contributed by atoms with Gasteiger partial charge in [-0.2, -0.15) is 0 Å². The molecule has 0 aliphatic carbocycles. The van der Waals surface area contributed by atoms with Crippen molar-refractivity contribution in [2.75, 3.05) is 30.5 Å². The monoisotopic (exact) mass is 533 g/mol. The van der Waals surface area contributed by atoms with Crippen LogP contribution in [0.1, 0.15) is 47.0 Å². The summed E-state index contributed by atoms with van der Waals surface area (Å²) in [6.07, 6.45) is 2.95. The molecular weight excluding hydrogens is 503 g/mol. The van der Waals surface area contributed by atoms with E-state index < -0.39 is 15.6 Å².